The number of nitrogens with two attached hydrogens (primary N) is 1. The average Bonchev–Trinajstić information content (AvgIpc) is 2.54. The van der Waals surface area contributed by atoms with Crippen molar-refractivity contribution in [3.8, 4) is 23.3 Å². The van der Waals surface area contributed by atoms with E-state index in [1.54, 1.807) is 32.9 Å². The monoisotopic (exact) mass is 369 g/mol. The van der Waals surface area contributed by atoms with Crippen LogP contribution in [0.5, 0.6) is 0 Å². The Labute approximate surface area is 154 Å². The number of amides is 1. The van der Waals surface area contributed by atoms with Crippen LogP contribution >= 0.6 is 0 Å². The lowest BCUT2D eigenvalue weighted by atomic mass is 9.95. The van der Waals surface area contributed by atoms with E-state index in [4.69, 9.17) is 10.5 Å². The van der Waals surface area contributed by atoms with E-state index in [2.05, 4.69) is 10.3 Å². The van der Waals surface area contributed by atoms with Gasteiger partial charge in [-0.2, -0.15) is 10.5 Å². The number of halogens is 1. The van der Waals surface area contributed by atoms with Gasteiger partial charge in [0.25, 0.3) is 5.56 Å². The van der Waals surface area contributed by atoms with Gasteiger partial charge in [0, 0.05) is 11.1 Å². The maximum Gasteiger partial charge on any atom is 0.412 e. The maximum absolute atomic E-state index is 13.9. The number of rotatable bonds is 2. The number of benzene rings is 1. The van der Waals surface area contributed by atoms with Crippen LogP contribution in [0, 0.1) is 28.5 Å². The summed E-state index contributed by atoms with van der Waals surface area (Å²) in [6.07, 6.45) is -0.829. The molecule has 0 aliphatic carbocycles. The van der Waals surface area contributed by atoms with Crippen molar-refractivity contribution in [1.29, 1.82) is 10.5 Å². The van der Waals surface area contributed by atoms with E-state index in [0.717, 1.165) is 12.1 Å². The highest BCUT2D eigenvalue weighted by molar-refractivity contribution is 5.94. The molecule has 8 nitrogen and oxygen atoms in total. The van der Waals surface area contributed by atoms with Crippen molar-refractivity contribution in [2.75, 3.05) is 11.1 Å². The highest BCUT2D eigenvalue weighted by atomic mass is 19.1. The summed E-state index contributed by atoms with van der Waals surface area (Å²) in [6.45, 7) is 4.99. The topological polar surface area (TPSA) is 145 Å². The third-order valence-corrected chi connectivity index (χ3v) is 3.35. The third-order valence-electron chi connectivity index (χ3n) is 3.35. The lowest BCUT2D eigenvalue weighted by Crippen LogP contribution is -2.27. The van der Waals surface area contributed by atoms with Crippen LogP contribution in [-0.4, -0.2) is 16.7 Å². The predicted molar refractivity (Wildman–Crippen MR) is 96.2 cm³/mol. The van der Waals surface area contributed by atoms with Crippen molar-refractivity contribution in [2.45, 2.75) is 26.4 Å². The van der Waals surface area contributed by atoms with Gasteiger partial charge >= 0.3 is 6.09 Å². The van der Waals surface area contributed by atoms with Crippen LogP contribution in [0.25, 0.3) is 11.1 Å². The Kier molecular flexibility index (Phi) is 5.18. The van der Waals surface area contributed by atoms with Gasteiger partial charge in [-0.1, -0.05) is 0 Å². The molecular formula is C18H16FN5O3. The average molecular weight is 369 g/mol. The number of hydrogen-bond donors (Lipinski definition) is 3. The molecule has 1 aromatic carbocycles. The highest BCUT2D eigenvalue weighted by Gasteiger charge is 2.23. The van der Waals surface area contributed by atoms with E-state index in [1.165, 1.54) is 6.07 Å². The largest absolute Gasteiger partial charge is 0.444 e. The fraction of sp³-hybridized carbons (Fsp3) is 0.222. The standard InChI is InChI=1S/C18H16FN5O3/c1-18(2,3)27-17(26)23-13-5-4-9(19)6-10(13)14-11(7-20)15(22)24-16(25)12(14)8-21/h4-6H,1-3H3,(H,23,26)(H3,22,24,25). The first-order valence-electron chi connectivity index (χ1n) is 7.73. The van der Waals surface area contributed by atoms with Crippen LogP contribution in [0.3, 0.4) is 0 Å². The highest BCUT2D eigenvalue weighted by Crippen LogP contribution is 2.34. The van der Waals surface area contributed by atoms with Gasteiger partial charge < -0.3 is 15.5 Å². The van der Waals surface area contributed by atoms with Crippen molar-refractivity contribution in [3.05, 3.63) is 45.5 Å². The molecule has 2 aromatic rings. The van der Waals surface area contributed by atoms with Crippen molar-refractivity contribution >= 4 is 17.6 Å². The lowest BCUT2D eigenvalue weighted by molar-refractivity contribution is 0.0636. The minimum atomic E-state index is -0.837. The van der Waals surface area contributed by atoms with Crippen molar-refractivity contribution < 1.29 is 13.9 Å². The van der Waals surface area contributed by atoms with Gasteiger partial charge in [-0.05, 0) is 39.0 Å². The van der Waals surface area contributed by atoms with E-state index in [0.29, 0.717) is 0 Å². The number of aromatic nitrogens is 1. The molecule has 0 saturated carbocycles. The van der Waals surface area contributed by atoms with E-state index >= 15 is 0 Å². The summed E-state index contributed by atoms with van der Waals surface area (Å²) >= 11 is 0. The molecule has 0 aliphatic rings. The Morgan fingerprint density at radius 1 is 1.26 bits per heavy atom. The Morgan fingerprint density at radius 2 is 1.89 bits per heavy atom. The fourth-order valence-corrected chi connectivity index (χ4v) is 2.36. The minimum absolute atomic E-state index is 0.0450. The summed E-state index contributed by atoms with van der Waals surface area (Å²) in [5.74, 6) is -0.977. The Morgan fingerprint density at radius 3 is 2.44 bits per heavy atom. The van der Waals surface area contributed by atoms with Crippen LogP contribution in [0.1, 0.15) is 31.9 Å². The summed E-state index contributed by atoms with van der Waals surface area (Å²) < 4.78 is 19.0. The number of anilines is 2. The normalized spacial score (nSPS) is 10.6. The number of ether oxygens (including phenoxy) is 1. The van der Waals surface area contributed by atoms with Gasteiger partial charge in [0.15, 0.2) is 0 Å². The molecule has 1 heterocycles. The summed E-state index contributed by atoms with van der Waals surface area (Å²) in [6, 6.07) is 6.77. The third kappa shape index (κ3) is 4.22. The number of pyridine rings is 1. The van der Waals surface area contributed by atoms with Gasteiger partial charge in [-0.3, -0.25) is 10.1 Å². The zero-order valence-electron chi connectivity index (χ0n) is 14.8. The van der Waals surface area contributed by atoms with E-state index in [9.17, 15) is 24.5 Å². The molecule has 1 amide bonds. The first kappa shape index (κ1) is 19.5. The number of carbonyl (C=O) groups excluding carboxylic acids is 1. The second kappa shape index (κ2) is 7.18. The van der Waals surface area contributed by atoms with E-state index < -0.39 is 28.6 Å². The van der Waals surface area contributed by atoms with Gasteiger partial charge in [0.05, 0.1) is 5.69 Å². The molecular weight excluding hydrogens is 353 g/mol. The number of H-pyrrole nitrogens is 1. The summed E-state index contributed by atoms with van der Waals surface area (Å²) in [4.78, 5) is 26.4. The molecule has 2 rings (SSSR count). The van der Waals surface area contributed by atoms with Gasteiger partial charge in [0.1, 0.15) is 40.5 Å². The van der Waals surface area contributed by atoms with E-state index in [-0.39, 0.29) is 28.2 Å². The lowest BCUT2D eigenvalue weighted by Gasteiger charge is -2.21. The molecule has 0 spiro atoms. The fourth-order valence-electron chi connectivity index (χ4n) is 2.36. The summed E-state index contributed by atoms with van der Waals surface area (Å²) in [5.41, 5.74) is 3.22. The quantitative estimate of drug-likeness (QED) is 0.742. The number of aromatic amines is 1. The van der Waals surface area contributed by atoms with Crippen LogP contribution in [0.4, 0.5) is 20.7 Å². The van der Waals surface area contributed by atoms with Gasteiger partial charge in [-0.15, -0.1) is 0 Å². The van der Waals surface area contributed by atoms with Gasteiger partial charge in [0.2, 0.25) is 0 Å². The van der Waals surface area contributed by atoms with Crippen molar-refractivity contribution in [2.24, 2.45) is 0 Å². The minimum Gasteiger partial charge on any atom is -0.444 e. The zero-order valence-corrected chi connectivity index (χ0v) is 14.8. The zero-order chi connectivity index (χ0) is 20.4. The molecule has 138 valence electrons. The molecule has 0 aliphatic heterocycles. The van der Waals surface area contributed by atoms with Crippen LogP contribution in [-0.2, 0) is 4.74 Å². The van der Waals surface area contributed by atoms with Crippen molar-refractivity contribution in [3.63, 3.8) is 0 Å². The molecule has 0 saturated heterocycles. The molecule has 0 unspecified atom stereocenters. The van der Waals surface area contributed by atoms with E-state index in [1.807, 2.05) is 0 Å². The Bertz CT molecular complexity index is 1050. The first-order valence-corrected chi connectivity index (χ1v) is 7.73. The number of carbonyl (C=O) groups is 1. The first-order chi connectivity index (χ1) is 12.6. The predicted octanol–water partition coefficient (Wildman–Crippen LogP) is 2.85. The number of hydrogen-bond acceptors (Lipinski definition) is 6. The number of nitrogens with one attached hydrogen (secondary N) is 2. The Hall–Kier alpha value is -3.85. The van der Waals surface area contributed by atoms with Gasteiger partial charge in [-0.25, -0.2) is 9.18 Å². The SMILES string of the molecule is CC(C)(C)OC(=O)Nc1ccc(F)cc1-c1c(C#N)c(N)[nH]c(=O)c1C#N. The molecule has 4 N–H and O–H groups in total. The van der Waals surface area contributed by atoms with Crippen molar-refractivity contribution in [1.82, 2.24) is 4.98 Å². The second-order valence-corrected chi connectivity index (χ2v) is 6.53. The molecule has 9 heteroatoms. The number of nitriles is 2. The summed E-state index contributed by atoms with van der Waals surface area (Å²) in [5, 5.41) is 21.2. The number of nitrogens with zero attached hydrogens (tertiary/aromatic N) is 2. The Balaban J connectivity index is 2.73. The smallest absolute Gasteiger partial charge is 0.412 e. The maximum atomic E-state index is 13.9. The molecule has 0 fully saturated rings. The van der Waals surface area contributed by atoms with Crippen LogP contribution in [0.15, 0.2) is 23.0 Å². The van der Waals surface area contributed by atoms with Crippen LogP contribution < -0.4 is 16.6 Å². The molecule has 0 bridgehead atoms. The molecule has 1 aromatic heterocycles. The van der Waals surface area contributed by atoms with Crippen LogP contribution in [0.2, 0.25) is 0 Å². The number of nitrogen functional groups attached to an aromatic ring is 1. The summed E-state index contributed by atoms with van der Waals surface area (Å²) in [7, 11) is 0. The molecule has 0 radical (unpaired) electrons. The molecule has 0 atom stereocenters. The second-order valence-electron chi connectivity index (χ2n) is 6.53. The molecule has 27 heavy (non-hydrogen) atoms.